The fourth-order valence-electron chi connectivity index (χ4n) is 2.58. The summed E-state index contributed by atoms with van der Waals surface area (Å²) in [5, 5.41) is 0. The number of rotatable bonds is 4. The van der Waals surface area contributed by atoms with E-state index in [1.54, 1.807) is 0 Å². The summed E-state index contributed by atoms with van der Waals surface area (Å²) in [6.45, 7) is 11.9. The van der Waals surface area contributed by atoms with Gasteiger partial charge in [-0.2, -0.15) is 0 Å². The normalized spacial score (nSPS) is 28.2. The van der Waals surface area contributed by atoms with Gasteiger partial charge in [0.15, 0.2) is 8.32 Å². The predicted octanol–water partition coefficient (Wildman–Crippen LogP) is 4.00. The van der Waals surface area contributed by atoms with E-state index in [1.807, 2.05) is 6.07 Å². The molecule has 18 heavy (non-hydrogen) atoms. The highest BCUT2D eigenvalue weighted by molar-refractivity contribution is 6.69. The molecule has 1 saturated heterocycles. The topological polar surface area (TPSA) is 18.5 Å². The van der Waals surface area contributed by atoms with Gasteiger partial charge in [0.25, 0.3) is 0 Å². The number of hydrogen-bond acceptors (Lipinski definition) is 2. The van der Waals surface area contributed by atoms with Gasteiger partial charge in [-0.25, -0.2) is 0 Å². The molecular weight excluding hydrogens is 240 g/mol. The highest BCUT2D eigenvalue weighted by atomic mass is 28.4. The van der Waals surface area contributed by atoms with Crippen LogP contribution in [0.25, 0.3) is 0 Å². The zero-order valence-electron chi connectivity index (χ0n) is 12.1. The third-order valence-electron chi connectivity index (χ3n) is 3.50. The quantitative estimate of drug-likeness (QED) is 0.765. The molecule has 0 amide bonds. The Bertz CT molecular complexity index is 397. The van der Waals surface area contributed by atoms with Crippen LogP contribution in [0.4, 0.5) is 0 Å². The minimum atomic E-state index is -1.58. The Morgan fingerprint density at radius 2 is 1.83 bits per heavy atom. The smallest absolute Gasteiger partial charge is 0.184 e. The molecule has 1 aromatic carbocycles. The molecule has 3 heteroatoms. The van der Waals surface area contributed by atoms with Crippen LogP contribution in [-0.4, -0.2) is 20.5 Å². The van der Waals surface area contributed by atoms with Crippen LogP contribution in [0, 0.1) is 5.92 Å². The molecule has 1 aliphatic rings. The van der Waals surface area contributed by atoms with Crippen LogP contribution in [-0.2, 0) is 9.16 Å². The molecule has 1 fully saturated rings. The van der Waals surface area contributed by atoms with E-state index in [0.29, 0.717) is 12.5 Å². The van der Waals surface area contributed by atoms with Crippen LogP contribution in [0.2, 0.25) is 19.6 Å². The lowest BCUT2D eigenvalue weighted by atomic mass is 9.78. The van der Waals surface area contributed by atoms with Crippen molar-refractivity contribution < 1.29 is 9.16 Å². The van der Waals surface area contributed by atoms with Crippen molar-refractivity contribution in [2.75, 3.05) is 6.61 Å². The van der Waals surface area contributed by atoms with Crippen LogP contribution < -0.4 is 0 Å². The van der Waals surface area contributed by atoms with E-state index in [9.17, 15) is 0 Å². The first kappa shape index (κ1) is 13.8. The molecule has 0 N–H and O–H groups in total. The molecule has 0 radical (unpaired) electrons. The first-order valence-corrected chi connectivity index (χ1v) is 10.1. The summed E-state index contributed by atoms with van der Waals surface area (Å²) in [5.74, 6) is 0.461. The summed E-state index contributed by atoms with van der Waals surface area (Å²) >= 11 is 0. The summed E-state index contributed by atoms with van der Waals surface area (Å²) in [7, 11) is -1.58. The maximum atomic E-state index is 6.50. The second kappa shape index (κ2) is 4.80. The zero-order chi connectivity index (χ0) is 13.4. The third kappa shape index (κ3) is 2.53. The highest BCUT2D eigenvalue weighted by Crippen LogP contribution is 2.48. The van der Waals surface area contributed by atoms with Crippen LogP contribution >= 0.6 is 0 Å². The maximum Gasteiger partial charge on any atom is 0.184 e. The fraction of sp³-hybridized carbons (Fsp3) is 0.600. The van der Waals surface area contributed by atoms with Crippen molar-refractivity contribution in [2.45, 2.75) is 45.2 Å². The minimum absolute atomic E-state index is 0.0884. The molecule has 0 bridgehead atoms. The summed E-state index contributed by atoms with van der Waals surface area (Å²) in [6.07, 6.45) is 0.0884. The Balaban J connectivity index is 2.27. The van der Waals surface area contributed by atoms with Crippen molar-refractivity contribution in [2.24, 2.45) is 5.92 Å². The monoisotopic (exact) mass is 264 g/mol. The molecular formula is C15H24O2Si. The summed E-state index contributed by atoms with van der Waals surface area (Å²) < 4.78 is 12.3. The van der Waals surface area contributed by atoms with Gasteiger partial charge in [0.2, 0.25) is 0 Å². The molecule has 2 nitrogen and oxygen atoms in total. The second-order valence-corrected chi connectivity index (χ2v) is 10.9. The number of hydrogen-bond donors (Lipinski definition) is 0. The lowest BCUT2D eigenvalue weighted by Crippen LogP contribution is -2.61. The summed E-state index contributed by atoms with van der Waals surface area (Å²) in [5.41, 5.74) is 1.10. The van der Waals surface area contributed by atoms with Crippen molar-refractivity contribution >= 4 is 8.32 Å². The van der Waals surface area contributed by atoms with E-state index < -0.39 is 8.32 Å². The van der Waals surface area contributed by atoms with Gasteiger partial charge in [-0.1, -0.05) is 44.2 Å². The van der Waals surface area contributed by atoms with E-state index in [0.717, 1.165) is 0 Å². The Morgan fingerprint density at radius 3 is 2.22 bits per heavy atom. The van der Waals surface area contributed by atoms with Crippen LogP contribution in [0.1, 0.15) is 25.5 Å². The van der Waals surface area contributed by atoms with Crippen LogP contribution in [0.3, 0.4) is 0 Å². The van der Waals surface area contributed by atoms with Gasteiger partial charge in [0.05, 0.1) is 6.61 Å². The molecule has 0 aliphatic carbocycles. The molecule has 0 saturated carbocycles. The Morgan fingerprint density at radius 1 is 1.22 bits per heavy atom. The first-order valence-electron chi connectivity index (χ1n) is 6.72. The largest absolute Gasteiger partial charge is 0.406 e. The molecule has 100 valence electrons. The highest BCUT2D eigenvalue weighted by Gasteiger charge is 2.54. The van der Waals surface area contributed by atoms with E-state index in [-0.39, 0.29) is 11.7 Å². The van der Waals surface area contributed by atoms with Crippen molar-refractivity contribution in [1.82, 2.24) is 0 Å². The standard InChI is InChI=1S/C15H24O2Si/c1-12(2)15(17-18(3,4)5)11-16-14(15)13-9-7-6-8-10-13/h6-10,12,14H,11H2,1-5H3/t14-,15+/m0/s1. The molecule has 1 aliphatic heterocycles. The molecule has 0 spiro atoms. The van der Waals surface area contributed by atoms with E-state index in [4.69, 9.17) is 9.16 Å². The van der Waals surface area contributed by atoms with Gasteiger partial charge in [0, 0.05) is 0 Å². The minimum Gasteiger partial charge on any atom is -0.406 e. The molecule has 0 unspecified atom stereocenters. The number of benzene rings is 1. The lowest BCUT2D eigenvalue weighted by Gasteiger charge is -2.54. The van der Waals surface area contributed by atoms with E-state index in [1.165, 1.54) is 5.56 Å². The van der Waals surface area contributed by atoms with Crippen molar-refractivity contribution in [3.8, 4) is 0 Å². The molecule has 2 atom stereocenters. The third-order valence-corrected chi connectivity index (χ3v) is 4.49. The number of ether oxygens (including phenoxy) is 1. The fourth-order valence-corrected chi connectivity index (χ4v) is 4.12. The van der Waals surface area contributed by atoms with Gasteiger partial charge in [0.1, 0.15) is 11.7 Å². The van der Waals surface area contributed by atoms with Crippen LogP contribution in [0.15, 0.2) is 30.3 Å². The maximum absolute atomic E-state index is 6.50. The SMILES string of the molecule is CC(C)[C@]1(O[Si](C)(C)C)CO[C@H]1c1ccccc1. The molecule has 1 heterocycles. The average Bonchev–Trinajstić information content (AvgIpc) is 2.24. The first-order chi connectivity index (χ1) is 8.35. The second-order valence-electron chi connectivity index (χ2n) is 6.43. The Labute approximate surface area is 111 Å². The van der Waals surface area contributed by atoms with E-state index >= 15 is 0 Å². The Kier molecular flexibility index (Phi) is 3.67. The Hall–Kier alpha value is -0.643. The zero-order valence-corrected chi connectivity index (χ0v) is 13.1. The van der Waals surface area contributed by atoms with Crippen molar-refractivity contribution in [3.63, 3.8) is 0 Å². The summed E-state index contributed by atoms with van der Waals surface area (Å²) in [6, 6.07) is 10.4. The van der Waals surface area contributed by atoms with Crippen molar-refractivity contribution in [3.05, 3.63) is 35.9 Å². The molecule has 1 aromatic rings. The van der Waals surface area contributed by atoms with Gasteiger partial charge < -0.3 is 9.16 Å². The predicted molar refractivity (Wildman–Crippen MR) is 77.1 cm³/mol. The average molecular weight is 264 g/mol. The van der Waals surface area contributed by atoms with E-state index in [2.05, 4.69) is 57.8 Å². The van der Waals surface area contributed by atoms with Crippen molar-refractivity contribution in [1.29, 1.82) is 0 Å². The van der Waals surface area contributed by atoms with Crippen LogP contribution in [0.5, 0.6) is 0 Å². The molecule has 0 aromatic heterocycles. The lowest BCUT2D eigenvalue weighted by molar-refractivity contribution is -0.251. The van der Waals surface area contributed by atoms with Gasteiger partial charge in [-0.05, 0) is 31.1 Å². The van der Waals surface area contributed by atoms with Gasteiger partial charge in [-0.15, -0.1) is 0 Å². The van der Waals surface area contributed by atoms with Gasteiger partial charge in [-0.3, -0.25) is 0 Å². The van der Waals surface area contributed by atoms with Gasteiger partial charge >= 0.3 is 0 Å². The molecule has 2 rings (SSSR count). The summed E-state index contributed by atoms with van der Waals surface area (Å²) in [4.78, 5) is 0.